The number of Topliss-reactive ketones (excluding diaryl/α,β-unsaturated/α-hetero) is 1. The van der Waals surface area contributed by atoms with E-state index in [-0.39, 0.29) is 22.8 Å². The average Bonchev–Trinajstić information content (AvgIpc) is 2.89. The molecule has 0 radical (unpaired) electrons. The summed E-state index contributed by atoms with van der Waals surface area (Å²) in [6.45, 7) is 1.53. The number of rotatable bonds is 4. The van der Waals surface area contributed by atoms with Gasteiger partial charge in [-0.1, -0.05) is 12.1 Å². The Labute approximate surface area is 117 Å². The lowest BCUT2D eigenvalue weighted by molar-refractivity contribution is -0.140. The fourth-order valence-electron chi connectivity index (χ4n) is 2.29. The second-order valence-corrected chi connectivity index (χ2v) is 6.59. The van der Waals surface area contributed by atoms with Crippen LogP contribution in [0.3, 0.4) is 0 Å². The van der Waals surface area contributed by atoms with Crippen LogP contribution < -0.4 is 0 Å². The summed E-state index contributed by atoms with van der Waals surface area (Å²) in [6.07, 6.45) is 0.823. The lowest BCUT2D eigenvalue weighted by Gasteiger charge is -2.21. The first-order valence-corrected chi connectivity index (χ1v) is 7.63. The fraction of sp³-hybridized carbons (Fsp3) is 0.385. The Morgan fingerprint density at radius 2 is 2.05 bits per heavy atom. The molecule has 7 heteroatoms. The Morgan fingerprint density at radius 3 is 2.65 bits per heavy atom. The Hall–Kier alpha value is -1.73. The van der Waals surface area contributed by atoms with Crippen LogP contribution in [0.2, 0.25) is 0 Å². The van der Waals surface area contributed by atoms with Crippen LogP contribution in [0.1, 0.15) is 30.1 Å². The van der Waals surface area contributed by atoms with E-state index in [2.05, 4.69) is 0 Å². The molecular weight excluding hydrogens is 282 g/mol. The molecule has 20 heavy (non-hydrogen) atoms. The number of hydrogen-bond donors (Lipinski definition) is 1. The van der Waals surface area contributed by atoms with Gasteiger partial charge in [0.25, 0.3) is 0 Å². The van der Waals surface area contributed by atoms with Gasteiger partial charge in [0.1, 0.15) is 6.04 Å². The summed E-state index contributed by atoms with van der Waals surface area (Å²) in [6, 6.07) is 4.64. The third-order valence-corrected chi connectivity index (χ3v) is 5.24. The van der Waals surface area contributed by atoms with Crippen molar-refractivity contribution in [2.45, 2.75) is 30.7 Å². The van der Waals surface area contributed by atoms with Crippen molar-refractivity contribution < 1.29 is 23.1 Å². The van der Waals surface area contributed by atoms with E-state index in [9.17, 15) is 18.0 Å². The van der Waals surface area contributed by atoms with Crippen molar-refractivity contribution in [1.29, 1.82) is 0 Å². The number of carbonyl (C=O) groups is 2. The molecule has 1 aromatic carbocycles. The Bertz CT molecular complexity index is 652. The molecule has 1 atom stereocenters. The van der Waals surface area contributed by atoms with Gasteiger partial charge in [0.05, 0.1) is 4.90 Å². The van der Waals surface area contributed by atoms with E-state index in [1.165, 1.54) is 31.2 Å². The van der Waals surface area contributed by atoms with Gasteiger partial charge < -0.3 is 5.11 Å². The van der Waals surface area contributed by atoms with Gasteiger partial charge in [-0.3, -0.25) is 9.59 Å². The first-order chi connectivity index (χ1) is 9.34. The van der Waals surface area contributed by atoms with Crippen molar-refractivity contribution >= 4 is 21.8 Å². The summed E-state index contributed by atoms with van der Waals surface area (Å²) >= 11 is 0. The number of aliphatic carboxylic acids is 1. The summed E-state index contributed by atoms with van der Waals surface area (Å²) in [5, 5.41) is 9.08. The number of hydrogen-bond acceptors (Lipinski definition) is 4. The largest absolute Gasteiger partial charge is 0.480 e. The van der Waals surface area contributed by atoms with Crippen LogP contribution in [-0.2, 0) is 14.8 Å². The first-order valence-electron chi connectivity index (χ1n) is 6.19. The molecule has 0 saturated carbocycles. The van der Waals surface area contributed by atoms with Crippen molar-refractivity contribution in [3.05, 3.63) is 29.8 Å². The van der Waals surface area contributed by atoms with Gasteiger partial charge in [0.2, 0.25) is 10.0 Å². The highest BCUT2D eigenvalue weighted by molar-refractivity contribution is 7.89. The fourth-order valence-corrected chi connectivity index (χ4v) is 3.98. The molecule has 0 bridgehead atoms. The maximum Gasteiger partial charge on any atom is 0.322 e. The van der Waals surface area contributed by atoms with Crippen LogP contribution in [0.25, 0.3) is 0 Å². The van der Waals surface area contributed by atoms with Crippen molar-refractivity contribution in [2.75, 3.05) is 6.54 Å². The number of nitrogens with zero attached hydrogens (tertiary/aromatic N) is 1. The van der Waals surface area contributed by atoms with Crippen LogP contribution in [0.15, 0.2) is 29.2 Å². The number of carbonyl (C=O) groups excluding carboxylic acids is 1. The smallest absolute Gasteiger partial charge is 0.322 e. The summed E-state index contributed by atoms with van der Waals surface area (Å²) in [7, 11) is -3.89. The molecule has 1 N–H and O–H groups in total. The van der Waals surface area contributed by atoms with Crippen molar-refractivity contribution in [3.63, 3.8) is 0 Å². The Morgan fingerprint density at radius 1 is 1.35 bits per heavy atom. The van der Waals surface area contributed by atoms with Gasteiger partial charge in [-0.15, -0.1) is 0 Å². The predicted molar refractivity (Wildman–Crippen MR) is 71.0 cm³/mol. The van der Waals surface area contributed by atoms with Crippen molar-refractivity contribution in [1.82, 2.24) is 4.31 Å². The van der Waals surface area contributed by atoms with E-state index in [4.69, 9.17) is 5.11 Å². The topological polar surface area (TPSA) is 91.8 Å². The summed E-state index contributed by atoms with van der Waals surface area (Å²) < 4.78 is 25.9. The van der Waals surface area contributed by atoms with Crippen LogP contribution in [0.5, 0.6) is 0 Å². The number of benzene rings is 1. The molecule has 0 aliphatic carbocycles. The minimum absolute atomic E-state index is 0.0432. The average molecular weight is 297 g/mol. The lowest BCUT2D eigenvalue weighted by atomic mass is 10.2. The molecule has 108 valence electrons. The minimum Gasteiger partial charge on any atom is -0.480 e. The molecule has 1 heterocycles. The monoisotopic (exact) mass is 297 g/mol. The summed E-state index contributed by atoms with van der Waals surface area (Å²) in [4.78, 5) is 22.4. The molecule has 6 nitrogen and oxygen atoms in total. The Kier molecular flexibility index (Phi) is 3.92. The molecule has 0 amide bonds. The van der Waals surface area contributed by atoms with Gasteiger partial charge in [-0.2, -0.15) is 4.31 Å². The summed E-state index contributed by atoms with van der Waals surface area (Å²) in [5.41, 5.74) is 0.289. The zero-order valence-corrected chi connectivity index (χ0v) is 11.8. The zero-order valence-electron chi connectivity index (χ0n) is 10.9. The maximum atomic E-state index is 12.5. The molecule has 1 aliphatic heterocycles. The molecular formula is C13H15NO5S. The SMILES string of the molecule is CC(=O)c1cccc(S(=O)(=O)N2CCC[C@H]2C(=O)O)c1. The third kappa shape index (κ3) is 2.59. The molecule has 0 spiro atoms. The number of carboxylic acids is 1. The standard InChI is InChI=1S/C13H15NO5S/c1-9(15)10-4-2-5-11(8-10)20(18,19)14-7-3-6-12(14)13(16)17/h2,4-5,8,12H,3,6-7H2,1H3,(H,16,17)/t12-/m0/s1. The second kappa shape index (κ2) is 5.34. The van der Waals surface area contributed by atoms with Crippen LogP contribution in [0.4, 0.5) is 0 Å². The van der Waals surface area contributed by atoms with E-state index < -0.39 is 22.0 Å². The van der Waals surface area contributed by atoms with E-state index in [1.807, 2.05) is 0 Å². The lowest BCUT2D eigenvalue weighted by Crippen LogP contribution is -2.40. The molecule has 1 aliphatic rings. The molecule has 2 rings (SSSR count). The number of sulfonamides is 1. The van der Waals surface area contributed by atoms with Gasteiger partial charge in [-0.25, -0.2) is 8.42 Å². The van der Waals surface area contributed by atoms with Crippen LogP contribution in [-0.4, -0.2) is 42.2 Å². The first kappa shape index (κ1) is 14.7. The predicted octanol–water partition coefficient (Wildman–Crippen LogP) is 1.13. The zero-order chi connectivity index (χ0) is 14.9. The summed E-state index contributed by atoms with van der Waals surface area (Å²) in [5.74, 6) is -1.38. The van der Waals surface area contributed by atoms with Crippen LogP contribution >= 0.6 is 0 Å². The minimum atomic E-state index is -3.89. The normalized spacial score (nSPS) is 19.9. The Balaban J connectivity index is 2.42. The number of ketones is 1. The van der Waals surface area contributed by atoms with Crippen molar-refractivity contribution in [3.8, 4) is 0 Å². The van der Waals surface area contributed by atoms with Gasteiger partial charge >= 0.3 is 5.97 Å². The van der Waals surface area contributed by atoms with Gasteiger partial charge in [0.15, 0.2) is 5.78 Å². The van der Waals surface area contributed by atoms with Crippen molar-refractivity contribution in [2.24, 2.45) is 0 Å². The quantitative estimate of drug-likeness (QED) is 0.841. The van der Waals surface area contributed by atoms with E-state index in [0.717, 1.165) is 4.31 Å². The number of carboxylic acid groups (broad SMARTS) is 1. The molecule has 1 saturated heterocycles. The highest BCUT2D eigenvalue weighted by atomic mass is 32.2. The molecule has 1 aromatic rings. The third-order valence-electron chi connectivity index (χ3n) is 3.34. The highest BCUT2D eigenvalue weighted by Gasteiger charge is 2.39. The van der Waals surface area contributed by atoms with E-state index >= 15 is 0 Å². The van der Waals surface area contributed by atoms with Gasteiger partial charge in [-0.05, 0) is 31.9 Å². The second-order valence-electron chi connectivity index (χ2n) is 4.70. The highest BCUT2D eigenvalue weighted by Crippen LogP contribution is 2.26. The van der Waals surface area contributed by atoms with E-state index in [1.54, 1.807) is 0 Å². The molecule has 0 unspecified atom stereocenters. The van der Waals surface area contributed by atoms with Crippen LogP contribution in [0, 0.1) is 0 Å². The van der Waals surface area contributed by atoms with E-state index in [0.29, 0.717) is 12.8 Å². The molecule has 1 fully saturated rings. The van der Waals surface area contributed by atoms with Gasteiger partial charge in [0, 0.05) is 12.1 Å². The molecule has 0 aromatic heterocycles. The maximum absolute atomic E-state index is 12.5.